The van der Waals surface area contributed by atoms with Gasteiger partial charge in [-0.1, -0.05) is 33.6 Å². The van der Waals surface area contributed by atoms with Crippen molar-refractivity contribution < 1.29 is 19.5 Å². The predicted molar refractivity (Wildman–Crippen MR) is 113 cm³/mol. The molecule has 29 heavy (non-hydrogen) atoms. The summed E-state index contributed by atoms with van der Waals surface area (Å²) in [5, 5.41) is 15.6. The maximum absolute atomic E-state index is 13.4. The number of aliphatic hydroxyl groups excluding tert-OH is 1. The van der Waals surface area contributed by atoms with E-state index in [1.165, 1.54) is 0 Å². The van der Waals surface area contributed by atoms with Crippen molar-refractivity contribution in [3.63, 3.8) is 0 Å². The molecule has 3 unspecified atom stereocenters. The number of hydrogen-bond donors (Lipinski definition) is 3. The molecule has 3 heterocycles. The van der Waals surface area contributed by atoms with Gasteiger partial charge in [0.25, 0.3) is 0 Å². The zero-order valence-electron chi connectivity index (χ0n) is 17.8. The SMILES string of the molecule is CCCCCNC(=O)C1N(CCO)C(=O)[C@@H]2[C@@H](C(=O)NCCC)[C@H]3CC(C)C12S3. The van der Waals surface area contributed by atoms with Gasteiger partial charge in [0.05, 0.1) is 23.2 Å². The molecule has 1 spiro atoms. The number of fused-ring (bicyclic) bond motifs is 1. The van der Waals surface area contributed by atoms with E-state index in [1.807, 2.05) is 6.92 Å². The van der Waals surface area contributed by atoms with E-state index in [4.69, 9.17) is 0 Å². The average Bonchev–Trinajstić information content (AvgIpc) is 3.28. The molecule has 164 valence electrons. The first-order chi connectivity index (χ1) is 13.9. The van der Waals surface area contributed by atoms with Crippen LogP contribution in [0, 0.1) is 17.8 Å². The zero-order valence-corrected chi connectivity index (χ0v) is 18.6. The van der Waals surface area contributed by atoms with Gasteiger partial charge in [0, 0.05) is 24.9 Å². The van der Waals surface area contributed by atoms with E-state index in [1.54, 1.807) is 16.7 Å². The Morgan fingerprint density at radius 1 is 1.17 bits per heavy atom. The Bertz CT molecular complexity index is 645. The van der Waals surface area contributed by atoms with Crippen molar-refractivity contribution in [2.24, 2.45) is 17.8 Å². The fraction of sp³-hybridized carbons (Fsp3) is 0.857. The number of carbonyl (C=O) groups is 3. The number of rotatable bonds is 10. The molecule has 2 bridgehead atoms. The number of amides is 3. The summed E-state index contributed by atoms with van der Waals surface area (Å²) >= 11 is 1.68. The molecule has 0 aromatic heterocycles. The van der Waals surface area contributed by atoms with Gasteiger partial charge in [0.1, 0.15) is 6.04 Å². The van der Waals surface area contributed by atoms with E-state index in [-0.39, 0.29) is 42.0 Å². The molecule has 3 rings (SSSR count). The second-order valence-electron chi connectivity index (χ2n) is 8.60. The largest absolute Gasteiger partial charge is 0.395 e. The van der Waals surface area contributed by atoms with Crippen LogP contribution in [0.5, 0.6) is 0 Å². The van der Waals surface area contributed by atoms with Crippen molar-refractivity contribution in [1.82, 2.24) is 15.5 Å². The third-order valence-corrected chi connectivity index (χ3v) is 8.84. The maximum atomic E-state index is 13.4. The summed E-state index contributed by atoms with van der Waals surface area (Å²) in [5.74, 6) is -1.07. The van der Waals surface area contributed by atoms with Crippen LogP contribution in [-0.4, -0.2) is 70.0 Å². The first-order valence-corrected chi connectivity index (χ1v) is 12.0. The summed E-state index contributed by atoms with van der Waals surface area (Å²) in [6, 6.07) is -0.622. The van der Waals surface area contributed by atoms with E-state index in [0.717, 1.165) is 32.1 Å². The van der Waals surface area contributed by atoms with Gasteiger partial charge in [-0.25, -0.2) is 0 Å². The second-order valence-corrected chi connectivity index (χ2v) is 10.1. The van der Waals surface area contributed by atoms with E-state index in [9.17, 15) is 19.5 Å². The Labute approximate surface area is 177 Å². The van der Waals surface area contributed by atoms with Gasteiger partial charge in [0.15, 0.2) is 0 Å². The maximum Gasteiger partial charge on any atom is 0.244 e. The van der Waals surface area contributed by atoms with Crippen molar-refractivity contribution in [3.05, 3.63) is 0 Å². The molecule has 8 heteroatoms. The molecule has 6 atom stereocenters. The standard InChI is InChI=1S/C21H35N3O4S/c1-4-6-7-9-23-19(27)17-21-13(3)12-14(29-21)15(18(26)22-8-5-2)16(21)20(28)24(17)10-11-25/h13-17,25H,4-12H2,1-3H3,(H,22,26)(H,23,27)/t13?,14-,15+,16+,17?,21?/m1/s1. The summed E-state index contributed by atoms with van der Waals surface area (Å²) < 4.78 is -0.583. The zero-order chi connectivity index (χ0) is 21.2. The minimum atomic E-state index is -0.622. The number of carbonyl (C=O) groups excluding carboxylic acids is 3. The third-order valence-electron chi connectivity index (χ3n) is 6.77. The van der Waals surface area contributed by atoms with Crippen molar-refractivity contribution in [1.29, 1.82) is 0 Å². The summed E-state index contributed by atoms with van der Waals surface area (Å²) in [5.41, 5.74) is 0. The average molecular weight is 426 g/mol. The number of thioether (sulfide) groups is 1. The lowest BCUT2D eigenvalue weighted by Crippen LogP contribution is -2.56. The fourth-order valence-corrected chi connectivity index (χ4v) is 7.94. The highest BCUT2D eigenvalue weighted by atomic mass is 32.2. The van der Waals surface area contributed by atoms with Crippen LogP contribution in [0.3, 0.4) is 0 Å². The molecule has 0 aromatic carbocycles. The van der Waals surface area contributed by atoms with Gasteiger partial charge in [-0.05, 0) is 25.2 Å². The number of β-amino-alcohol motifs (C(OH)–C–C–N with tert-alkyl or cyclic N) is 1. The van der Waals surface area contributed by atoms with Crippen molar-refractivity contribution in [2.75, 3.05) is 26.2 Å². The molecular formula is C21H35N3O4S. The molecular weight excluding hydrogens is 390 g/mol. The predicted octanol–water partition coefficient (Wildman–Crippen LogP) is 1.15. The first kappa shape index (κ1) is 22.4. The minimum absolute atomic E-state index is 0.0653. The number of nitrogens with one attached hydrogen (secondary N) is 2. The van der Waals surface area contributed by atoms with Crippen LogP contribution in [0.2, 0.25) is 0 Å². The van der Waals surface area contributed by atoms with Gasteiger partial charge < -0.3 is 20.6 Å². The summed E-state index contributed by atoms with van der Waals surface area (Å²) in [6.07, 6.45) is 4.71. The highest BCUT2D eigenvalue weighted by Crippen LogP contribution is 2.68. The molecule has 7 nitrogen and oxygen atoms in total. The van der Waals surface area contributed by atoms with Crippen LogP contribution < -0.4 is 10.6 Å². The molecule has 3 saturated heterocycles. The molecule has 3 aliphatic rings. The Balaban J connectivity index is 1.89. The lowest BCUT2D eigenvalue weighted by atomic mass is 9.66. The second kappa shape index (κ2) is 9.25. The van der Waals surface area contributed by atoms with Crippen molar-refractivity contribution in [2.45, 2.75) is 68.9 Å². The van der Waals surface area contributed by atoms with Crippen molar-refractivity contribution >= 4 is 29.5 Å². The third kappa shape index (κ3) is 3.67. The number of aliphatic hydroxyl groups is 1. The normalized spacial score (nSPS) is 35.1. The fourth-order valence-electron chi connectivity index (χ4n) is 5.52. The molecule has 0 aliphatic carbocycles. The molecule has 0 saturated carbocycles. The van der Waals surface area contributed by atoms with E-state index in [2.05, 4.69) is 24.5 Å². The molecule has 3 fully saturated rings. The molecule has 3 aliphatic heterocycles. The first-order valence-electron chi connectivity index (χ1n) is 11.1. The lowest BCUT2D eigenvalue weighted by molar-refractivity contribution is -0.140. The topological polar surface area (TPSA) is 98.7 Å². The Morgan fingerprint density at radius 3 is 2.55 bits per heavy atom. The van der Waals surface area contributed by atoms with Crippen molar-refractivity contribution in [3.8, 4) is 0 Å². The Kier molecular flexibility index (Phi) is 7.14. The van der Waals surface area contributed by atoms with Gasteiger partial charge >= 0.3 is 0 Å². The Morgan fingerprint density at radius 2 is 1.90 bits per heavy atom. The quantitative estimate of drug-likeness (QED) is 0.456. The summed E-state index contributed by atoms with van der Waals surface area (Å²) in [6.45, 7) is 7.35. The number of unbranched alkanes of at least 4 members (excludes halogenated alkanes) is 2. The number of hydrogen-bond acceptors (Lipinski definition) is 5. The molecule has 0 aromatic rings. The van der Waals surface area contributed by atoms with Crippen LogP contribution >= 0.6 is 11.8 Å². The molecule has 3 amide bonds. The molecule has 0 radical (unpaired) electrons. The summed E-state index contributed by atoms with van der Waals surface area (Å²) in [4.78, 5) is 41.2. The van der Waals surface area contributed by atoms with E-state index in [0.29, 0.717) is 13.1 Å². The van der Waals surface area contributed by atoms with E-state index < -0.39 is 22.6 Å². The van der Waals surface area contributed by atoms with Crippen LogP contribution in [0.4, 0.5) is 0 Å². The van der Waals surface area contributed by atoms with Gasteiger partial charge in [-0.3, -0.25) is 14.4 Å². The molecule has 3 N–H and O–H groups in total. The lowest BCUT2D eigenvalue weighted by Gasteiger charge is -2.38. The smallest absolute Gasteiger partial charge is 0.244 e. The van der Waals surface area contributed by atoms with Gasteiger partial charge in [0.2, 0.25) is 17.7 Å². The monoisotopic (exact) mass is 425 g/mol. The minimum Gasteiger partial charge on any atom is -0.395 e. The summed E-state index contributed by atoms with van der Waals surface area (Å²) in [7, 11) is 0. The van der Waals surface area contributed by atoms with Crippen LogP contribution in [0.1, 0.15) is 52.9 Å². The van der Waals surface area contributed by atoms with Crippen LogP contribution in [0.15, 0.2) is 0 Å². The number of nitrogens with zero attached hydrogens (tertiary/aromatic N) is 1. The highest BCUT2D eigenvalue weighted by molar-refractivity contribution is 8.02. The number of likely N-dealkylation sites (tertiary alicyclic amines) is 1. The van der Waals surface area contributed by atoms with E-state index >= 15 is 0 Å². The van der Waals surface area contributed by atoms with Crippen LogP contribution in [0.25, 0.3) is 0 Å². The highest BCUT2D eigenvalue weighted by Gasteiger charge is 2.75. The van der Waals surface area contributed by atoms with Gasteiger partial charge in [-0.15, -0.1) is 11.8 Å². The van der Waals surface area contributed by atoms with Gasteiger partial charge in [-0.2, -0.15) is 0 Å². The van der Waals surface area contributed by atoms with Crippen LogP contribution in [-0.2, 0) is 14.4 Å². The Hall–Kier alpha value is -1.28.